The molecule has 2 aromatic heterocycles. The fourth-order valence-corrected chi connectivity index (χ4v) is 2.61. The SMILES string of the molecule is Cc1nc2cc(Oc3cnn(C)c3)c(N)cc2s1. The predicted molar refractivity (Wildman–Crippen MR) is 72.1 cm³/mol. The topological polar surface area (TPSA) is 66.0 Å². The number of rotatable bonds is 2. The largest absolute Gasteiger partial charge is 0.452 e. The Morgan fingerprint density at radius 3 is 2.94 bits per heavy atom. The zero-order valence-electron chi connectivity index (χ0n) is 10.0. The van der Waals surface area contributed by atoms with Crippen LogP contribution < -0.4 is 10.5 Å². The van der Waals surface area contributed by atoms with Crippen LogP contribution in [-0.2, 0) is 7.05 Å². The molecule has 92 valence electrons. The number of benzene rings is 1. The van der Waals surface area contributed by atoms with Crippen LogP contribution in [0.15, 0.2) is 24.5 Å². The number of anilines is 1. The first-order valence-corrected chi connectivity index (χ1v) is 6.26. The van der Waals surface area contributed by atoms with Gasteiger partial charge < -0.3 is 10.5 Å². The number of nitrogens with zero attached hydrogens (tertiary/aromatic N) is 3. The van der Waals surface area contributed by atoms with Gasteiger partial charge in [-0.2, -0.15) is 5.10 Å². The highest BCUT2D eigenvalue weighted by Crippen LogP contribution is 2.33. The predicted octanol–water partition coefficient (Wildman–Crippen LogP) is 2.71. The van der Waals surface area contributed by atoms with Gasteiger partial charge in [0.1, 0.15) is 0 Å². The highest BCUT2D eigenvalue weighted by atomic mass is 32.1. The number of nitrogen functional groups attached to an aromatic ring is 1. The summed E-state index contributed by atoms with van der Waals surface area (Å²) >= 11 is 1.62. The van der Waals surface area contributed by atoms with Crippen LogP contribution in [0.1, 0.15) is 5.01 Å². The van der Waals surface area contributed by atoms with Gasteiger partial charge in [0.05, 0.1) is 33.3 Å². The maximum atomic E-state index is 5.98. The summed E-state index contributed by atoms with van der Waals surface area (Å²) in [6, 6.07) is 3.76. The quantitative estimate of drug-likeness (QED) is 0.719. The van der Waals surface area contributed by atoms with E-state index in [-0.39, 0.29) is 0 Å². The van der Waals surface area contributed by atoms with Crippen molar-refractivity contribution in [1.82, 2.24) is 14.8 Å². The fraction of sp³-hybridized carbons (Fsp3) is 0.167. The Labute approximate surface area is 108 Å². The summed E-state index contributed by atoms with van der Waals surface area (Å²) in [4.78, 5) is 4.42. The van der Waals surface area contributed by atoms with E-state index in [4.69, 9.17) is 10.5 Å². The monoisotopic (exact) mass is 260 g/mol. The molecule has 0 aliphatic carbocycles. The molecule has 18 heavy (non-hydrogen) atoms. The zero-order valence-corrected chi connectivity index (χ0v) is 10.9. The van der Waals surface area contributed by atoms with Crippen LogP contribution in [0.5, 0.6) is 11.5 Å². The summed E-state index contributed by atoms with van der Waals surface area (Å²) in [7, 11) is 1.84. The highest BCUT2D eigenvalue weighted by molar-refractivity contribution is 7.18. The van der Waals surface area contributed by atoms with E-state index >= 15 is 0 Å². The minimum atomic E-state index is 0.606. The molecule has 0 unspecified atom stereocenters. The molecule has 0 amide bonds. The minimum Gasteiger partial charge on any atom is -0.452 e. The first kappa shape index (κ1) is 11.0. The number of hydrogen-bond acceptors (Lipinski definition) is 5. The third-order valence-corrected chi connectivity index (χ3v) is 3.47. The molecule has 0 atom stereocenters. The number of fused-ring (bicyclic) bond motifs is 1. The van der Waals surface area contributed by atoms with Crippen LogP contribution in [0.3, 0.4) is 0 Å². The summed E-state index contributed by atoms with van der Waals surface area (Å²) in [5, 5.41) is 5.06. The molecule has 5 nitrogen and oxygen atoms in total. The maximum Gasteiger partial charge on any atom is 0.165 e. The first-order valence-electron chi connectivity index (χ1n) is 5.45. The second kappa shape index (κ2) is 3.99. The molecule has 3 rings (SSSR count). The molecular formula is C12H12N4OS. The number of aromatic nitrogens is 3. The molecule has 0 saturated heterocycles. The molecule has 0 aliphatic rings. The number of thiazole rings is 1. The Morgan fingerprint density at radius 1 is 1.39 bits per heavy atom. The molecule has 1 aromatic carbocycles. The van der Waals surface area contributed by atoms with Gasteiger partial charge in [-0.25, -0.2) is 4.98 Å². The Hall–Kier alpha value is -2.08. The van der Waals surface area contributed by atoms with Crippen LogP contribution in [0.25, 0.3) is 10.2 Å². The lowest BCUT2D eigenvalue weighted by Gasteiger charge is -2.05. The Balaban J connectivity index is 2.02. The van der Waals surface area contributed by atoms with Crippen molar-refractivity contribution in [2.24, 2.45) is 7.05 Å². The normalized spacial score (nSPS) is 11.0. The van der Waals surface area contributed by atoms with E-state index in [0.29, 0.717) is 17.2 Å². The van der Waals surface area contributed by atoms with Crippen LogP contribution >= 0.6 is 11.3 Å². The van der Waals surface area contributed by atoms with Crippen LogP contribution in [-0.4, -0.2) is 14.8 Å². The van der Waals surface area contributed by atoms with Crippen molar-refractivity contribution in [2.75, 3.05) is 5.73 Å². The third-order valence-electron chi connectivity index (χ3n) is 2.54. The third kappa shape index (κ3) is 1.91. The van der Waals surface area contributed by atoms with Crippen LogP contribution in [0.4, 0.5) is 5.69 Å². The molecule has 0 fully saturated rings. The zero-order chi connectivity index (χ0) is 12.7. The first-order chi connectivity index (χ1) is 8.61. The van der Waals surface area contributed by atoms with E-state index in [9.17, 15) is 0 Å². The van der Waals surface area contributed by atoms with Crippen LogP contribution in [0.2, 0.25) is 0 Å². The number of hydrogen-bond donors (Lipinski definition) is 1. The molecule has 2 N–H and O–H groups in total. The van der Waals surface area contributed by atoms with E-state index in [1.165, 1.54) is 0 Å². The lowest BCUT2D eigenvalue weighted by atomic mass is 10.3. The standard InChI is InChI=1S/C12H12N4OS/c1-7-15-10-4-11(9(13)3-12(10)18-7)17-8-5-14-16(2)6-8/h3-6H,13H2,1-2H3. The summed E-state index contributed by atoms with van der Waals surface area (Å²) in [6.07, 6.45) is 3.44. The molecule has 0 bridgehead atoms. The van der Waals surface area contributed by atoms with Gasteiger partial charge >= 0.3 is 0 Å². The molecule has 0 saturated carbocycles. The average Bonchev–Trinajstić information content (AvgIpc) is 2.85. The van der Waals surface area contributed by atoms with Gasteiger partial charge in [-0.1, -0.05) is 0 Å². The van der Waals surface area contributed by atoms with E-state index in [1.54, 1.807) is 28.4 Å². The number of ether oxygens (including phenoxy) is 1. The minimum absolute atomic E-state index is 0.606. The van der Waals surface area contributed by atoms with Gasteiger partial charge in [-0.3, -0.25) is 4.68 Å². The van der Waals surface area contributed by atoms with Gasteiger partial charge in [-0.05, 0) is 13.0 Å². The van der Waals surface area contributed by atoms with E-state index in [1.807, 2.05) is 26.1 Å². The second-order valence-electron chi connectivity index (χ2n) is 4.04. The molecule has 6 heteroatoms. The average molecular weight is 260 g/mol. The van der Waals surface area contributed by atoms with Crippen molar-refractivity contribution < 1.29 is 4.74 Å². The smallest absolute Gasteiger partial charge is 0.165 e. The molecule has 3 aromatic rings. The van der Waals surface area contributed by atoms with Crippen LogP contribution in [0, 0.1) is 6.92 Å². The molecule has 2 heterocycles. The molecular weight excluding hydrogens is 248 g/mol. The van der Waals surface area contributed by atoms with Crippen molar-refractivity contribution in [2.45, 2.75) is 6.92 Å². The molecule has 0 radical (unpaired) electrons. The lowest BCUT2D eigenvalue weighted by molar-refractivity contribution is 0.485. The van der Waals surface area contributed by atoms with Crippen molar-refractivity contribution in [1.29, 1.82) is 0 Å². The van der Waals surface area contributed by atoms with Gasteiger partial charge in [0.25, 0.3) is 0 Å². The van der Waals surface area contributed by atoms with Gasteiger partial charge in [-0.15, -0.1) is 11.3 Å². The Morgan fingerprint density at radius 2 is 2.22 bits per heavy atom. The summed E-state index contributed by atoms with van der Waals surface area (Å²) in [6.45, 7) is 1.97. The Kier molecular flexibility index (Phi) is 2.45. The number of nitrogens with two attached hydrogens (primary N) is 1. The maximum absolute atomic E-state index is 5.98. The van der Waals surface area contributed by atoms with Crippen molar-refractivity contribution in [3.05, 3.63) is 29.5 Å². The number of aryl methyl sites for hydroxylation is 2. The fourth-order valence-electron chi connectivity index (χ4n) is 1.75. The summed E-state index contributed by atoms with van der Waals surface area (Å²) in [5.41, 5.74) is 7.49. The van der Waals surface area contributed by atoms with E-state index in [2.05, 4.69) is 10.1 Å². The summed E-state index contributed by atoms with van der Waals surface area (Å²) in [5.74, 6) is 1.27. The molecule has 0 spiro atoms. The van der Waals surface area contributed by atoms with E-state index in [0.717, 1.165) is 15.2 Å². The summed E-state index contributed by atoms with van der Waals surface area (Å²) < 4.78 is 8.45. The van der Waals surface area contributed by atoms with Gasteiger partial charge in [0.15, 0.2) is 11.5 Å². The van der Waals surface area contributed by atoms with E-state index < -0.39 is 0 Å². The van der Waals surface area contributed by atoms with Gasteiger partial charge in [0, 0.05) is 13.1 Å². The lowest BCUT2D eigenvalue weighted by Crippen LogP contribution is -1.91. The Bertz CT molecular complexity index is 716. The highest BCUT2D eigenvalue weighted by Gasteiger charge is 2.09. The van der Waals surface area contributed by atoms with Crippen molar-refractivity contribution in [3.8, 4) is 11.5 Å². The van der Waals surface area contributed by atoms with Crippen molar-refractivity contribution >= 4 is 27.2 Å². The molecule has 0 aliphatic heterocycles. The van der Waals surface area contributed by atoms with Crippen molar-refractivity contribution in [3.63, 3.8) is 0 Å². The second-order valence-corrected chi connectivity index (χ2v) is 5.28. The van der Waals surface area contributed by atoms with Gasteiger partial charge in [0.2, 0.25) is 0 Å².